The fourth-order valence-corrected chi connectivity index (χ4v) is 3.75. The average molecular weight is 413 g/mol. The number of halogens is 2. The van der Waals surface area contributed by atoms with Crippen LogP contribution in [0.25, 0.3) is 16.8 Å². The highest BCUT2D eigenvalue weighted by Gasteiger charge is 2.23. The number of hydrogen-bond acceptors (Lipinski definition) is 3. The smallest absolute Gasteiger partial charge is 0.215 e. The molecule has 0 N–H and O–H groups in total. The van der Waals surface area contributed by atoms with E-state index in [0.29, 0.717) is 0 Å². The molecular formula is C20H30Cl2N4O. The Balaban J connectivity index is 0.00000131. The van der Waals surface area contributed by atoms with E-state index in [1.807, 2.05) is 0 Å². The number of morpholine rings is 1. The van der Waals surface area contributed by atoms with Crippen LogP contribution >= 0.6 is 24.8 Å². The zero-order valence-electron chi connectivity index (χ0n) is 16.4. The molecule has 0 atom stereocenters. The van der Waals surface area contributed by atoms with Crippen LogP contribution < -0.4 is 0 Å². The van der Waals surface area contributed by atoms with Crippen molar-refractivity contribution in [3.05, 3.63) is 36.2 Å². The molecule has 7 heteroatoms. The molecule has 2 aromatic heterocycles. The molecule has 1 aliphatic rings. The van der Waals surface area contributed by atoms with E-state index < -0.39 is 0 Å². The Labute approximate surface area is 173 Å². The van der Waals surface area contributed by atoms with E-state index >= 15 is 0 Å². The second-order valence-corrected chi connectivity index (χ2v) is 7.99. The van der Waals surface area contributed by atoms with E-state index in [4.69, 9.17) is 9.72 Å². The fraction of sp³-hybridized carbons (Fsp3) is 0.550. The van der Waals surface area contributed by atoms with Crippen molar-refractivity contribution in [2.24, 2.45) is 0 Å². The predicted octanol–water partition coefficient (Wildman–Crippen LogP) is 4.15. The first-order chi connectivity index (χ1) is 12.0. The Morgan fingerprint density at radius 1 is 1.04 bits per heavy atom. The number of ether oxygens (including phenoxy) is 1. The summed E-state index contributed by atoms with van der Waals surface area (Å²) in [4.78, 5) is 7.41. The lowest BCUT2D eigenvalue weighted by molar-refractivity contribution is 0.0369. The maximum atomic E-state index is 5.45. The quantitative estimate of drug-likeness (QED) is 0.645. The third-order valence-corrected chi connectivity index (χ3v) is 5.09. The number of nitrogens with zero attached hydrogens (tertiary/aromatic N) is 4. The monoisotopic (exact) mass is 412 g/mol. The Bertz CT molecular complexity index is 875. The molecule has 0 bridgehead atoms. The molecule has 4 rings (SSSR count). The van der Waals surface area contributed by atoms with Crippen LogP contribution in [0.5, 0.6) is 0 Å². The van der Waals surface area contributed by atoms with Crippen molar-refractivity contribution in [1.29, 1.82) is 0 Å². The normalized spacial score (nSPS) is 15.7. The van der Waals surface area contributed by atoms with E-state index in [0.717, 1.165) is 57.1 Å². The minimum atomic E-state index is 0. The van der Waals surface area contributed by atoms with Crippen molar-refractivity contribution in [1.82, 2.24) is 18.9 Å². The molecule has 0 aliphatic carbocycles. The summed E-state index contributed by atoms with van der Waals surface area (Å²) in [6.07, 6.45) is 3.41. The van der Waals surface area contributed by atoms with Crippen LogP contribution in [-0.4, -0.2) is 51.7 Å². The number of hydrogen-bond donors (Lipinski definition) is 0. The zero-order valence-corrected chi connectivity index (χ0v) is 18.0. The Kier molecular flexibility index (Phi) is 7.20. The summed E-state index contributed by atoms with van der Waals surface area (Å²) in [5.74, 6) is 1.06. The van der Waals surface area contributed by atoms with Gasteiger partial charge in [0, 0.05) is 43.5 Å². The van der Waals surface area contributed by atoms with E-state index in [2.05, 4.69) is 65.1 Å². The topological polar surface area (TPSA) is 34.7 Å². The molecule has 0 amide bonds. The third kappa shape index (κ3) is 4.43. The Morgan fingerprint density at radius 3 is 2.44 bits per heavy atom. The largest absolute Gasteiger partial charge is 0.379 e. The molecule has 0 radical (unpaired) electrons. The summed E-state index contributed by atoms with van der Waals surface area (Å²) < 4.78 is 10.1. The van der Waals surface area contributed by atoms with Crippen LogP contribution in [0.1, 0.15) is 32.9 Å². The van der Waals surface area contributed by atoms with Gasteiger partial charge in [-0.1, -0.05) is 32.9 Å². The molecule has 1 aromatic carbocycles. The van der Waals surface area contributed by atoms with E-state index in [1.165, 1.54) is 11.2 Å². The van der Waals surface area contributed by atoms with Gasteiger partial charge in [0.1, 0.15) is 0 Å². The minimum Gasteiger partial charge on any atom is -0.379 e. The Hall–Kier alpha value is -1.27. The van der Waals surface area contributed by atoms with Crippen molar-refractivity contribution < 1.29 is 4.74 Å². The standard InChI is InChI=1S/C20H28N4O.2ClH/c1-20(2,3)18-15-24-17-8-5-4-7-16(17)21-19(24)23(18)10-6-9-22-11-13-25-14-12-22;;/h4-5,7-8,15H,6,9-14H2,1-3H3;2*1H. The number of imidazole rings is 2. The number of fused-ring (bicyclic) bond motifs is 3. The summed E-state index contributed by atoms with van der Waals surface area (Å²) in [6.45, 7) is 12.8. The SMILES string of the molecule is CC(C)(C)c1cn2c3ccccc3nc2n1CCCN1CCOCC1.Cl.Cl. The molecule has 27 heavy (non-hydrogen) atoms. The molecule has 5 nitrogen and oxygen atoms in total. The molecule has 3 heterocycles. The molecule has 1 fully saturated rings. The maximum absolute atomic E-state index is 5.45. The minimum absolute atomic E-state index is 0. The van der Waals surface area contributed by atoms with Gasteiger partial charge in [-0.15, -0.1) is 24.8 Å². The van der Waals surface area contributed by atoms with Crippen LogP contribution in [0.15, 0.2) is 30.5 Å². The van der Waals surface area contributed by atoms with Crippen LogP contribution in [0.2, 0.25) is 0 Å². The number of rotatable bonds is 4. The predicted molar refractivity (Wildman–Crippen MR) is 116 cm³/mol. The maximum Gasteiger partial charge on any atom is 0.215 e. The van der Waals surface area contributed by atoms with Crippen molar-refractivity contribution in [2.45, 2.75) is 39.2 Å². The summed E-state index contributed by atoms with van der Waals surface area (Å²) in [6, 6.07) is 8.39. The molecule has 0 saturated carbocycles. The van der Waals surface area contributed by atoms with Crippen molar-refractivity contribution >= 4 is 41.6 Å². The molecule has 0 spiro atoms. The van der Waals surface area contributed by atoms with Crippen LogP contribution in [0.4, 0.5) is 0 Å². The summed E-state index contributed by atoms with van der Waals surface area (Å²) in [5, 5.41) is 0. The summed E-state index contributed by atoms with van der Waals surface area (Å²) in [7, 11) is 0. The lowest BCUT2D eigenvalue weighted by Gasteiger charge is -2.27. The van der Waals surface area contributed by atoms with Gasteiger partial charge in [0.15, 0.2) is 0 Å². The number of benzene rings is 1. The third-order valence-electron chi connectivity index (χ3n) is 5.09. The molecule has 0 unspecified atom stereocenters. The van der Waals surface area contributed by atoms with Gasteiger partial charge in [-0.3, -0.25) is 9.30 Å². The zero-order chi connectivity index (χ0) is 17.4. The highest BCUT2D eigenvalue weighted by atomic mass is 35.5. The number of aromatic nitrogens is 3. The van der Waals surface area contributed by atoms with Gasteiger partial charge in [0.2, 0.25) is 5.78 Å². The van der Waals surface area contributed by atoms with Gasteiger partial charge in [0.25, 0.3) is 0 Å². The van der Waals surface area contributed by atoms with Gasteiger partial charge in [0.05, 0.1) is 24.2 Å². The van der Waals surface area contributed by atoms with Gasteiger partial charge in [-0.05, 0) is 18.6 Å². The molecule has 3 aromatic rings. The summed E-state index contributed by atoms with van der Waals surface area (Å²) in [5.41, 5.74) is 3.71. The number of para-hydroxylation sites is 2. The molecule has 1 aliphatic heterocycles. The molecule has 150 valence electrons. The van der Waals surface area contributed by atoms with Gasteiger partial charge >= 0.3 is 0 Å². The highest BCUT2D eigenvalue weighted by molar-refractivity contribution is 5.85. The van der Waals surface area contributed by atoms with E-state index in [1.54, 1.807) is 0 Å². The van der Waals surface area contributed by atoms with E-state index in [-0.39, 0.29) is 30.2 Å². The first-order valence-corrected chi connectivity index (χ1v) is 9.31. The van der Waals surface area contributed by atoms with Crippen molar-refractivity contribution in [3.8, 4) is 0 Å². The first kappa shape index (κ1) is 22.0. The van der Waals surface area contributed by atoms with Crippen molar-refractivity contribution in [3.63, 3.8) is 0 Å². The average Bonchev–Trinajstić information content (AvgIpc) is 3.12. The Morgan fingerprint density at radius 2 is 1.74 bits per heavy atom. The highest BCUT2D eigenvalue weighted by Crippen LogP contribution is 2.28. The lowest BCUT2D eigenvalue weighted by Crippen LogP contribution is -2.37. The lowest BCUT2D eigenvalue weighted by atomic mass is 9.92. The second kappa shape index (κ2) is 8.82. The van der Waals surface area contributed by atoms with E-state index in [9.17, 15) is 0 Å². The van der Waals surface area contributed by atoms with Gasteiger partial charge in [-0.25, -0.2) is 4.98 Å². The van der Waals surface area contributed by atoms with Crippen LogP contribution in [0, 0.1) is 0 Å². The second-order valence-electron chi connectivity index (χ2n) is 7.99. The van der Waals surface area contributed by atoms with Gasteiger partial charge < -0.3 is 9.30 Å². The fourth-order valence-electron chi connectivity index (χ4n) is 3.75. The first-order valence-electron chi connectivity index (χ1n) is 9.31. The van der Waals surface area contributed by atoms with Gasteiger partial charge in [-0.2, -0.15) is 0 Å². The van der Waals surface area contributed by atoms with Crippen molar-refractivity contribution in [2.75, 3.05) is 32.8 Å². The summed E-state index contributed by atoms with van der Waals surface area (Å²) >= 11 is 0. The van der Waals surface area contributed by atoms with Crippen LogP contribution in [-0.2, 0) is 16.7 Å². The molecular weight excluding hydrogens is 383 g/mol. The molecule has 1 saturated heterocycles. The van der Waals surface area contributed by atoms with Crippen LogP contribution in [0.3, 0.4) is 0 Å². The number of aryl methyl sites for hydroxylation is 1.